The van der Waals surface area contributed by atoms with E-state index < -0.39 is 0 Å². The van der Waals surface area contributed by atoms with Crippen LogP contribution < -0.4 is 16.8 Å². The second kappa shape index (κ2) is 19.9. The van der Waals surface area contributed by atoms with Crippen molar-refractivity contribution in [2.24, 2.45) is 21.5 Å². The fraction of sp³-hybridized carbons (Fsp3) is 0.773. The van der Waals surface area contributed by atoms with Crippen LogP contribution in [0.15, 0.2) is 9.98 Å². The maximum atomic E-state index is 7.63. The van der Waals surface area contributed by atoms with Gasteiger partial charge in [0.2, 0.25) is 0 Å². The number of nitrogens with two attached hydrogens (primary N) is 2. The van der Waals surface area contributed by atoms with Crippen LogP contribution in [-0.4, -0.2) is 43.0 Å². The predicted octanol–water partition coefficient (Wildman–Crippen LogP) is 4.26. The Labute approximate surface area is 182 Å². The lowest BCUT2D eigenvalue weighted by Gasteiger charge is -2.05. The average molecular weight is 419 g/mol. The van der Waals surface area contributed by atoms with Crippen molar-refractivity contribution in [1.29, 1.82) is 10.8 Å². The number of nitrogens with one attached hydrogen (secondary N) is 3. The van der Waals surface area contributed by atoms with Gasteiger partial charge in [-0.3, -0.25) is 15.3 Å². The number of hydrogen-bond acceptors (Lipinski definition) is 4. The summed E-state index contributed by atoms with van der Waals surface area (Å²) in [4.78, 5) is 11.8. The summed E-state index contributed by atoms with van der Waals surface area (Å²) in [6.07, 6.45) is 13.3. The molecule has 0 amide bonds. The highest BCUT2D eigenvalue weighted by atomic mass is 15.2. The Kier molecular flexibility index (Phi) is 18.3. The third-order valence-corrected chi connectivity index (χ3v) is 4.79. The second-order valence-electron chi connectivity index (χ2n) is 7.57. The lowest BCUT2D eigenvalue weighted by Crippen LogP contribution is -2.41. The van der Waals surface area contributed by atoms with Crippen molar-refractivity contribution in [1.82, 2.24) is 5.32 Å². The summed E-state index contributed by atoms with van der Waals surface area (Å²) in [6.45, 7) is 10.3. The summed E-state index contributed by atoms with van der Waals surface area (Å²) in [7, 11) is 0. The molecule has 0 spiro atoms. The van der Waals surface area contributed by atoms with Gasteiger partial charge < -0.3 is 27.1 Å². The van der Waals surface area contributed by atoms with E-state index in [9.17, 15) is 0 Å². The van der Waals surface area contributed by atoms with Crippen LogP contribution in [0.3, 0.4) is 0 Å². The molecule has 30 heavy (non-hydrogen) atoms. The fourth-order valence-electron chi connectivity index (χ4n) is 2.92. The van der Waals surface area contributed by atoms with Gasteiger partial charge in [0.05, 0.1) is 5.71 Å². The smallest absolute Gasteiger partial charge is 0.251 e. The van der Waals surface area contributed by atoms with Crippen LogP contribution in [0.2, 0.25) is 0 Å². The highest BCUT2D eigenvalue weighted by Gasteiger charge is 2.00. The van der Waals surface area contributed by atoms with Crippen LogP contribution in [0, 0.1) is 17.4 Å². The van der Waals surface area contributed by atoms with Crippen molar-refractivity contribution >= 4 is 23.3 Å². The second-order valence-corrected chi connectivity index (χ2v) is 7.57. The van der Waals surface area contributed by atoms with Gasteiger partial charge in [0, 0.05) is 18.8 Å². The lowest BCUT2D eigenvalue weighted by atomic mass is 10.1. The first-order valence-corrected chi connectivity index (χ1v) is 11.3. The average Bonchev–Trinajstić information content (AvgIpc) is 2.71. The van der Waals surface area contributed by atoms with Crippen molar-refractivity contribution in [2.45, 2.75) is 90.4 Å². The van der Waals surface area contributed by atoms with Crippen molar-refractivity contribution in [3.63, 3.8) is 0 Å². The molecule has 0 aromatic rings. The number of aliphatic imine (C=N–C) groups is 2. The van der Waals surface area contributed by atoms with Gasteiger partial charge in [-0.15, -0.1) is 0 Å². The van der Waals surface area contributed by atoms with Gasteiger partial charge in [-0.25, -0.2) is 6.57 Å². The zero-order valence-electron chi connectivity index (χ0n) is 18.8. The van der Waals surface area contributed by atoms with E-state index in [0.29, 0.717) is 30.7 Å². The van der Waals surface area contributed by atoms with E-state index in [2.05, 4.69) is 20.1 Å². The van der Waals surface area contributed by atoms with E-state index in [1.165, 1.54) is 12.8 Å². The van der Waals surface area contributed by atoms with Gasteiger partial charge in [0.25, 0.3) is 6.54 Å². The topological polar surface area (TPSA) is 141 Å². The standard InChI is InChI=1S/C22H42N8/c1-3-19(23)14-10-6-4-8-12-16-28-21(25)30-22(26)29-17-13-9-5-7-11-15-20(24)18-27-2/h23-24H,3-18H2,1H3,(H5,25,26,28,29,30). The SMILES string of the molecule is [C-]#[N+]CC(=N)CCCCCCCN=C(N)NC(N)=NCCCCCCCC(=N)CC. The Hall–Kier alpha value is -2.43. The van der Waals surface area contributed by atoms with E-state index in [0.717, 1.165) is 76.3 Å². The molecule has 0 unspecified atom stereocenters. The normalized spacial score (nSPS) is 11.9. The zero-order chi connectivity index (χ0) is 22.5. The molecular formula is C22H42N8. The van der Waals surface area contributed by atoms with Crippen LogP contribution in [-0.2, 0) is 0 Å². The molecule has 0 saturated carbocycles. The highest BCUT2D eigenvalue weighted by Crippen LogP contribution is 2.07. The summed E-state index contributed by atoms with van der Waals surface area (Å²) in [5.41, 5.74) is 13.1. The molecular weight excluding hydrogens is 376 g/mol. The Bertz CT molecular complexity index is 574. The quantitative estimate of drug-likeness (QED) is 0.0982. The van der Waals surface area contributed by atoms with Crippen LogP contribution >= 0.6 is 0 Å². The minimum atomic E-state index is 0.236. The Morgan fingerprint density at radius 2 is 1.20 bits per heavy atom. The van der Waals surface area contributed by atoms with Crippen LogP contribution in [0.5, 0.6) is 0 Å². The van der Waals surface area contributed by atoms with Crippen LogP contribution in [0.25, 0.3) is 4.85 Å². The Morgan fingerprint density at radius 3 is 1.67 bits per heavy atom. The van der Waals surface area contributed by atoms with E-state index >= 15 is 0 Å². The molecule has 8 nitrogen and oxygen atoms in total. The van der Waals surface area contributed by atoms with Gasteiger partial charge in [-0.05, 0) is 44.9 Å². The molecule has 0 aliphatic heterocycles. The van der Waals surface area contributed by atoms with Crippen molar-refractivity contribution in [2.75, 3.05) is 19.6 Å². The molecule has 0 saturated heterocycles. The summed E-state index contributed by atoms with van der Waals surface area (Å²) in [6, 6.07) is 0. The molecule has 8 heteroatoms. The largest absolute Gasteiger partial charge is 0.370 e. The van der Waals surface area contributed by atoms with Gasteiger partial charge in [0.15, 0.2) is 11.9 Å². The molecule has 0 aliphatic carbocycles. The Balaban J connectivity index is 3.63. The van der Waals surface area contributed by atoms with Gasteiger partial charge in [-0.2, -0.15) is 0 Å². The van der Waals surface area contributed by atoms with Crippen LogP contribution in [0.4, 0.5) is 0 Å². The minimum absolute atomic E-state index is 0.236. The first kappa shape index (κ1) is 27.6. The minimum Gasteiger partial charge on any atom is -0.370 e. The zero-order valence-corrected chi connectivity index (χ0v) is 18.8. The van der Waals surface area contributed by atoms with E-state index in [-0.39, 0.29) is 6.54 Å². The third-order valence-electron chi connectivity index (χ3n) is 4.79. The number of unbranched alkanes of at least 4 members (excludes halogenated alkanes) is 8. The van der Waals surface area contributed by atoms with E-state index in [1.54, 1.807) is 0 Å². The highest BCUT2D eigenvalue weighted by molar-refractivity contribution is 5.97. The molecule has 0 aromatic carbocycles. The first-order chi connectivity index (χ1) is 14.5. The van der Waals surface area contributed by atoms with Crippen LogP contribution in [0.1, 0.15) is 90.4 Å². The van der Waals surface area contributed by atoms with Crippen molar-refractivity contribution in [3.8, 4) is 0 Å². The van der Waals surface area contributed by atoms with Crippen molar-refractivity contribution in [3.05, 3.63) is 11.4 Å². The molecule has 0 aliphatic rings. The molecule has 0 atom stereocenters. The number of rotatable bonds is 18. The van der Waals surface area contributed by atoms with E-state index in [1.807, 2.05) is 6.92 Å². The molecule has 170 valence electrons. The van der Waals surface area contributed by atoms with E-state index in [4.69, 9.17) is 28.9 Å². The molecule has 0 aromatic heterocycles. The first-order valence-electron chi connectivity index (χ1n) is 11.3. The lowest BCUT2D eigenvalue weighted by molar-refractivity contribution is 0.625. The van der Waals surface area contributed by atoms with Gasteiger partial charge in [0.1, 0.15) is 0 Å². The number of hydrogen-bond donors (Lipinski definition) is 5. The molecule has 0 rings (SSSR count). The monoisotopic (exact) mass is 418 g/mol. The maximum Gasteiger partial charge on any atom is 0.251 e. The molecule has 0 radical (unpaired) electrons. The fourth-order valence-corrected chi connectivity index (χ4v) is 2.92. The molecule has 0 bridgehead atoms. The molecule has 7 N–H and O–H groups in total. The summed E-state index contributed by atoms with van der Waals surface area (Å²) in [5.74, 6) is 0.622. The van der Waals surface area contributed by atoms with Gasteiger partial charge >= 0.3 is 0 Å². The number of nitrogens with zero attached hydrogens (tertiary/aromatic N) is 3. The van der Waals surface area contributed by atoms with Gasteiger partial charge in [-0.1, -0.05) is 45.4 Å². The molecule has 0 heterocycles. The third kappa shape index (κ3) is 18.9. The summed E-state index contributed by atoms with van der Waals surface area (Å²) >= 11 is 0. The summed E-state index contributed by atoms with van der Waals surface area (Å²) < 4.78 is 0. The predicted molar refractivity (Wildman–Crippen MR) is 129 cm³/mol. The van der Waals surface area contributed by atoms with Crippen molar-refractivity contribution < 1.29 is 0 Å². The summed E-state index contributed by atoms with van der Waals surface area (Å²) in [5, 5.41) is 18.0. The number of guanidine groups is 2. The molecule has 0 fully saturated rings. The Morgan fingerprint density at radius 1 is 0.767 bits per heavy atom. The maximum absolute atomic E-state index is 7.63.